The Morgan fingerprint density at radius 1 is 1.33 bits per heavy atom. The van der Waals surface area contributed by atoms with E-state index in [1.54, 1.807) is 0 Å². The lowest BCUT2D eigenvalue weighted by atomic mass is 9.88. The Labute approximate surface area is 89.6 Å². The lowest BCUT2D eigenvalue weighted by Crippen LogP contribution is -2.45. The number of carbonyl (C=O) groups is 1. The van der Waals surface area contributed by atoms with E-state index in [9.17, 15) is 18.3 Å². The molecule has 0 spiro atoms. The Bertz CT molecular complexity index is 364. The zero-order valence-electron chi connectivity index (χ0n) is 8.77. The summed E-state index contributed by atoms with van der Waals surface area (Å²) in [6, 6.07) is 0. The molecular formula is C10H16O4S. The molecule has 0 aromatic rings. The van der Waals surface area contributed by atoms with Crippen LogP contribution in [0.3, 0.4) is 0 Å². The molecule has 2 heterocycles. The first-order chi connectivity index (χ1) is 6.83. The average Bonchev–Trinajstić information content (AvgIpc) is 2.30. The zero-order valence-corrected chi connectivity index (χ0v) is 9.59. The van der Waals surface area contributed by atoms with Gasteiger partial charge in [-0.1, -0.05) is 0 Å². The second-order valence-corrected chi connectivity index (χ2v) is 7.43. The van der Waals surface area contributed by atoms with Gasteiger partial charge in [-0.3, -0.25) is 4.79 Å². The van der Waals surface area contributed by atoms with Crippen LogP contribution in [0.25, 0.3) is 0 Å². The van der Waals surface area contributed by atoms with Crippen LogP contribution in [-0.2, 0) is 14.6 Å². The van der Waals surface area contributed by atoms with Gasteiger partial charge in [0, 0.05) is 6.42 Å². The molecule has 0 aromatic carbocycles. The molecule has 0 amide bonds. The Balaban J connectivity index is 2.21. The molecule has 2 rings (SSSR count). The highest BCUT2D eigenvalue weighted by atomic mass is 32.2. The largest absolute Gasteiger partial charge is 0.389 e. The Hall–Kier alpha value is -0.420. The predicted molar refractivity (Wildman–Crippen MR) is 55.2 cm³/mol. The van der Waals surface area contributed by atoms with Gasteiger partial charge in [-0.2, -0.15) is 0 Å². The van der Waals surface area contributed by atoms with E-state index < -0.39 is 25.9 Å². The molecule has 0 radical (unpaired) electrons. The summed E-state index contributed by atoms with van der Waals surface area (Å²) in [6.45, 7) is 1.43. The fourth-order valence-corrected chi connectivity index (χ4v) is 5.51. The van der Waals surface area contributed by atoms with Crippen molar-refractivity contribution in [3.63, 3.8) is 0 Å². The number of fused-ring (bicyclic) bond motifs is 2. The number of aliphatic hydroxyl groups is 1. The summed E-state index contributed by atoms with van der Waals surface area (Å²) >= 11 is 0. The highest BCUT2D eigenvalue weighted by molar-refractivity contribution is 7.93. The van der Waals surface area contributed by atoms with Crippen molar-refractivity contribution in [1.29, 1.82) is 0 Å². The topological polar surface area (TPSA) is 71.4 Å². The van der Waals surface area contributed by atoms with Crippen LogP contribution in [0.2, 0.25) is 0 Å². The molecule has 2 aliphatic rings. The van der Waals surface area contributed by atoms with Gasteiger partial charge in [-0.15, -0.1) is 0 Å². The molecule has 4 nitrogen and oxygen atoms in total. The van der Waals surface area contributed by atoms with Gasteiger partial charge in [0.1, 0.15) is 5.78 Å². The van der Waals surface area contributed by atoms with Gasteiger partial charge in [0.15, 0.2) is 9.84 Å². The van der Waals surface area contributed by atoms with Crippen molar-refractivity contribution in [3.05, 3.63) is 0 Å². The zero-order chi connectivity index (χ0) is 11.3. The van der Waals surface area contributed by atoms with Crippen molar-refractivity contribution < 1.29 is 18.3 Å². The summed E-state index contributed by atoms with van der Waals surface area (Å²) in [6.07, 6.45) is 1.87. The maximum atomic E-state index is 11.8. The SMILES string of the molecule is CC(=O)CC1(O)CC2CCC(C1)S2(=O)=O. The van der Waals surface area contributed by atoms with Gasteiger partial charge in [0.25, 0.3) is 0 Å². The van der Waals surface area contributed by atoms with E-state index in [-0.39, 0.29) is 25.0 Å². The van der Waals surface area contributed by atoms with Gasteiger partial charge in [0.05, 0.1) is 16.1 Å². The fourth-order valence-electron chi connectivity index (χ4n) is 2.95. The van der Waals surface area contributed by atoms with Crippen LogP contribution in [0, 0.1) is 0 Å². The van der Waals surface area contributed by atoms with E-state index in [4.69, 9.17) is 0 Å². The second-order valence-electron chi connectivity index (χ2n) is 4.92. The third-order valence-corrected chi connectivity index (χ3v) is 6.20. The van der Waals surface area contributed by atoms with Crippen molar-refractivity contribution in [1.82, 2.24) is 0 Å². The molecule has 86 valence electrons. The minimum atomic E-state index is -3.01. The summed E-state index contributed by atoms with van der Waals surface area (Å²) < 4.78 is 23.5. The molecule has 2 unspecified atom stereocenters. The van der Waals surface area contributed by atoms with E-state index in [0.29, 0.717) is 12.8 Å². The van der Waals surface area contributed by atoms with Crippen LogP contribution in [-0.4, -0.2) is 35.4 Å². The van der Waals surface area contributed by atoms with E-state index in [1.807, 2.05) is 0 Å². The van der Waals surface area contributed by atoms with Gasteiger partial charge in [0.2, 0.25) is 0 Å². The van der Waals surface area contributed by atoms with Gasteiger partial charge >= 0.3 is 0 Å². The van der Waals surface area contributed by atoms with Crippen LogP contribution in [0.1, 0.15) is 39.0 Å². The van der Waals surface area contributed by atoms with Crippen LogP contribution >= 0.6 is 0 Å². The Morgan fingerprint density at radius 3 is 2.20 bits per heavy atom. The minimum absolute atomic E-state index is 0.0730. The minimum Gasteiger partial charge on any atom is -0.389 e. The lowest BCUT2D eigenvalue weighted by molar-refractivity contribution is -0.122. The molecule has 15 heavy (non-hydrogen) atoms. The van der Waals surface area contributed by atoms with Gasteiger partial charge in [-0.25, -0.2) is 8.42 Å². The van der Waals surface area contributed by atoms with Crippen molar-refractivity contribution in [2.45, 2.75) is 55.1 Å². The van der Waals surface area contributed by atoms with E-state index in [0.717, 1.165) is 0 Å². The van der Waals surface area contributed by atoms with E-state index >= 15 is 0 Å². The maximum absolute atomic E-state index is 11.8. The number of rotatable bonds is 2. The van der Waals surface area contributed by atoms with Crippen molar-refractivity contribution >= 4 is 15.6 Å². The molecule has 2 aliphatic heterocycles. The van der Waals surface area contributed by atoms with Crippen LogP contribution in [0.15, 0.2) is 0 Å². The molecule has 5 heteroatoms. The van der Waals surface area contributed by atoms with Gasteiger partial charge < -0.3 is 5.11 Å². The number of sulfone groups is 1. The highest BCUT2D eigenvalue weighted by Crippen LogP contribution is 2.44. The molecule has 0 aliphatic carbocycles. The predicted octanol–water partition coefficient (Wildman–Crippen LogP) is 0.436. The molecule has 0 saturated carbocycles. The van der Waals surface area contributed by atoms with E-state index in [2.05, 4.69) is 0 Å². The number of Topliss-reactive ketones (excluding diaryl/α,β-unsaturated/α-hetero) is 1. The molecule has 2 atom stereocenters. The Morgan fingerprint density at radius 2 is 1.80 bits per heavy atom. The molecule has 1 N–H and O–H groups in total. The Kier molecular flexibility index (Phi) is 2.43. The van der Waals surface area contributed by atoms with Crippen molar-refractivity contribution in [3.8, 4) is 0 Å². The van der Waals surface area contributed by atoms with Crippen LogP contribution < -0.4 is 0 Å². The standard InChI is InChI=1S/C10H16O4S/c1-7(11)4-10(12)5-8-2-3-9(6-10)15(8,13)14/h8-9,12H,2-6H2,1H3. The molecule has 2 fully saturated rings. The maximum Gasteiger partial charge on any atom is 0.156 e. The van der Waals surface area contributed by atoms with Crippen molar-refractivity contribution in [2.24, 2.45) is 0 Å². The molecule has 2 bridgehead atoms. The monoisotopic (exact) mass is 232 g/mol. The van der Waals surface area contributed by atoms with E-state index in [1.165, 1.54) is 6.92 Å². The third-order valence-electron chi connectivity index (χ3n) is 3.53. The smallest absolute Gasteiger partial charge is 0.156 e. The van der Waals surface area contributed by atoms with Gasteiger partial charge in [-0.05, 0) is 32.6 Å². The molecular weight excluding hydrogens is 216 g/mol. The summed E-state index contributed by atoms with van der Waals surface area (Å²) in [7, 11) is -3.01. The summed E-state index contributed by atoms with van der Waals surface area (Å²) in [5, 5.41) is 9.34. The highest BCUT2D eigenvalue weighted by Gasteiger charge is 2.52. The van der Waals surface area contributed by atoms with Crippen molar-refractivity contribution in [2.75, 3.05) is 0 Å². The summed E-state index contributed by atoms with van der Waals surface area (Å²) in [5.41, 5.74) is -1.07. The molecule has 2 saturated heterocycles. The second kappa shape index (κ2) is 3.28. The summed E-state index contributed by atoms with van der Waals surface area (Å²) in [4.78, 5) is 11.0. The van der Waals surface area contributed by atoms with Crippen LogP contribution in [0.5, 0.6) is 0 Å². The number of ketones is 1. The number of carbonyl (C=O) groups excluding carboxylic acids is 1. The third kappa shape index (κ3) is 1.83. The lowest BCUT2D eigenvalue weighted by Gasteiger charge is -2.35. The normalized spacial score (nSPS) is 42.8. The average molecular weight is 232 g/mol. The van der Waals surface area contributed by atoms with Crippen LogP contribution in [0.4, 0.5) is 0 Å². The number of hydrogen-bond donors (Lipinski definition) is 1. The fraction of sp³-hybridized carbons (Fsp3) is 0.900. The first-order valence-corrected chi connectivity index (χ1v) is 6.89. The first-order valence-electron chi connectivity index (χ1n) is 5.28. The quantitative estimate of drug-likeness (QED) is 0.749. The summed E-state index contributed by atoms with van der Waals surface area (Å²) in [5.74, 6) is -0.0730. The first kappa shape index (κ1) is 11.1. The molecule has 0 aromatic heterocycles. The number of hydrogen-bond acceptors (Lipinski definition) is 4.